The zero-order valence-electron chi connectivity index (χ0n) is 20.1. The Morgan fingerprint density at radius 1 is 0.811 bits per heavy atom. The second-order valence-corrected chi connectivity index (χ2v) is 9.22. The van der Waals surface area contributed by atoms with E-state index < -0.39 is 5.41 Å². The van der Waals surface area contributed by atoms with Crippen LogP contribution in [0.3, 0.4) is 0 Å². The van der Waals surface area contributed by atoms with Crippen molar-refractivity contribution >= 4 is 29.0 Å². The first kappa shape index (κ1) is 22.5. The minimum absolute atomic E-state index is 0.0315. The Morgan fingerprint density at radius 3 is 2.08 bits per heavy atom. The molecule has 4 aromatic rings. The summed E-state index contributed by atoms with van der Waals surface area (Å²) in [7, 11) is 0. The first-order chi connectivity index (χ1) is 18.2. The molecule has 0 radical (unpaired) electrons. The van der Waals surface area contributed by atoms with Crippen LogP contribution < -0.4 is 4.90 Å². The molecule has 1 N–H and O–H groups in total. The van der Waals surface area contributed by atoms with Crippen LogP contribution in [0, 0.1) is 16.7 Å². The number of carbonyl (C=O) groups is 1. The monoisotopic (exact) mass is 477 g/mol. The minimum atomic E-state index is -1.41. The van der Waals surface area contributed by atoms with Crippen molar-refractivity contribution in [2.24, 2.45) is 0 Å². The molecule has 37 heavy (non-hydrogen) atoms. The first-order valence-corrected chi connectivity index (χ1v) is 12.2. The summed E-state index contributed by atoms with van der Waals surface area (Å²) in [6, 6.07) is 39.2. The molecule has 0 saturated heterocycles. The molecule has 0 aromatic heterocycles. The second-order valence-electron chi connectivity index (χ2n) is 9.22. The van der Waals surface area contributed by atoms with E-state index in [1.165, 1.54) is 0 Å². The SMILES string of the molecule is N#CC1=C(c2ccccc2)/C(=C\c2ccccc2)C2(C1=N)C(=O)N(Cc1ccccc1)c1ccccc12. The van der Waals surface area contributed by atoms with Crippen molar-refractivity contribution in [3.8, 4) is 6.07 Å². The summed E-state index contributed by atoms with van der Waals surface area (Å²) >= 11 is 0. The van der Waals surface area contributed by atoms with Gasteiger partial charge in [-0.3, -0.25) is 4.79 Å². The Kier molecular flexibility index (Phi) is 5.40. The van der Waals surface area contributed by atoms with Crippen LogP contribution in [0.15, 0.2) is 126 Å². The van der Waals surface area contributed by atoms with Crippen LogP contribution >= 0.6 is 0 Å². The van der Waals surface area contributed by atoms with E-state index in [4.69, 9.17) is 0 Å². The number of nitrogens with zero attached hydrogens (tertiary/aromatic N) is 2. The van der Waals surface area contributed by atoms with Gasteiger partial charge in [0.1, 0.15) is 11.5 Å². The van der Waals surface area contributed by atoms with E-state index >= 15 is 0 Å². The van der Waals surface area contributed by atoms with Gasteiger partial charge in [0.15, 0.2) is 0 Å². The number of anilines is 1. The molecule has 2 aliphatic rings. The summed E-state index contributed by atoms with van der Waals surface area (Å²) in [6.45, 7) is 0.382. The Bertz CT molecular complexity index is 1630. The molecule has 0 bridgehead atoms. The highest BCUT2D eigenvalue weighted by molar-refractivity contribution is 6.38. The number of nitriles is 1. The first-order valence-electron chi connectivity index (χ1n) is 12.2. The van der Waals surface area contributed by atoms with Crippen LogP contribution in [0.1, 0.15) is 22.3 Å². The number of fused-ring (bicyclic) bond motifs is 2. The Balaban J connectivity index is 1.64. The molecule has 0 saturated carbocycles. The molecule has 1 aliphatic carbocycles. The number of nitrogens with one attached hydrogen (secondary N) is 1. The molecule has 4 heteroatoms. The Hall–Kier alpha value is -5.01. The topological polar surface area (TPSA) is 68.0 Å². The van der Waals surface area contributed by atoms with Gasteiger partial charge < -0.3 is 10.3 Å². The predicted octanol–water partition coefficient (Wildman–Crippen LogP) is 6.57. The number of rotatable bonds is 4. The van der Waals surface area contributed by atoms with E-state index in [0.717, 1.165) is 27.9 Å². The third-order valence-electron chi connectivity index (χ3n) is 7.18. The molecule has 1 aliphatic heterocycles. The number of amides is 1. The van der Waals surface area contributed by atoms with Crippen molar-refractivity contribution in [3.63, 3.8) is 0 Å². The molecule has 1 spiro atoms. The number of para-hydroxylation sites is 1. The highest BCUT2D eigenvalue weighted by Crippen LogP contribution is 2.57. The zero-order valence-corrected chi connectivity index (χ0v) is 20.1. The molecule has 176 valence electrons. The van der Waals surface area contributed by atoms with Crippen molar-refractivity contribution in [2.75, 3.05) is 4.90 Å². The fourth-order valence-electron chi connectivity index (χ4n) is 5.56. The van der Waals surface area contributed by atoms with Gasteiger partial charge in [0.05, 0.1) is 17.8 Å². The molecular weight excluding hydrogens is 454 g/mol. The van der Waals surface area contributed by atoms with Gasteiger partial charge in [-0.15, -0.1) is 0 Å². The molecule has 1 unspecified atom stereocenters. The highest BCUT2D eigenvalue weighted by atomic mass is 16.2. The van der Waals surface area contributed by atoms with Gasteiger partial charge in [0.2, 0.25) is 5.91 Å². The number of benzene rings is 4. The Labute approximate surface area is 215 Å². The lowest BCUT2D eigenvalue weighted by atomic mass is 9.72. The average molecular weight is 478 g/mol. The third-order valence-corrected chi connectivity index (χ3v) is 7.18. The van der Waals surface area contributed by atoms with Crippen molar-refractivity contribution in [1.29, 1.82) is 10.7 Å². The standard InChI is InChI=1S/C33H23N3O/c34-21-26-30(25-16-8-3-9-17-25)28(20-23-12-4-1-5-13-23)33(31(26)35)27-18-10-11-19-29(27)36(32(33)37)22-24-14-6-2-7-15-24/h1-20,35H,22H2/b28-20+,35-31?. The van der Waals surface area contributed by atoms with Gasteiger partial charge in [-0.05, 0) is 34.4 Å². The van der Waals surface area contributed by atoms with Crippen LogP contribution in [0.5, 0.6) is 0 Å². The van der Waals surface area contributed by atoms with E-state index in [1.54, 1.807) is 4.90 Å². The van der Waals surface area contributed by atoms with Gasteiger partial charge in [0, 0.05) is 16.8 Å². The van der Waals surface area contributed by atoms with Crippen LogP contribution in [0.4, 0.5) is 5.69 Å². The smallest absolute Gasteiger partial charge is 0.248 e. The van der Waals surface area contributed by atoms with Crippen LogP contribution in [0.2, 0.25) is 0 Å². The molecule has 6 rings (SSSR count). The van der Waals surface area contributed by atoms with Crippen molar-refractivity contribution in [2.45, 2.75) is 12.0 Å². The van der Waals surface area contributed by atoms with Crippen molar-refractivity contribution in [3.05, 3.63) is 149 Å². The van der Waals surface area contributed by atoms with E-state index in [-0.39, 0.29) is 17.2 Å². The summed E-state index contributed by atoms with van der Waals surface area (Å²) in [5.41, 5.74) is 4.39. The summed E-state index contributed by atoms with van der Waals surface area (Å²) in [4.78, 5) is 16.4. The van der Waals surface area contributed by atoms with Crippen LogP contribution in [-0.2, 0) is 16.8 Å². The lowest BCUT2D eigenvalue weighted by Crippen LogP contribution is -2.45. The van der Waals surface area contributed by atoms with Crippen molar-refractivity contribution < 1.29 is 4.79 Å². The zero-order chi connectivity index (χ0) is 25.4. The largest absolute Gasteiger partial charge is 0.306 e. The lowest BCUT2D eigenvalue weighted by molar-refractivity contribution is -0.120. The fourth-order valence-corrected chi connectivity index (χ4v) is 5.56. The highest BCUT2D eigenvalue weighted by Gasteiger charge is 2.61. The van der Waals surface area contributed by atoms with Gasteiger partial charge in [-0.25, -0.2) is 0 Å². The van der Waals surface area contributed by atoms with E-state index in [9.17, 15) is 15.5 Å². The lowest BCUT2D eigenvalue weighted by Gasteiger charge is -2.28. The molecule has 4 nitrogen and oxygen atoms in total. The molecule has 1 heterocycles. The van der Waals surface area contributed by atoms with Gasteiger partial charge in [0.25, 0.3) is 0 Å². The van der Waals surface area contributed by atoms with Gasteiger partial charge >= 0.3 is 0 Å². The number of hydrogen-bond donors (Lipinski definition) is 1. The maximum absolute atomic E-state index is 14.6. The molecule has 1 atom stereocenters. The number of carbonyl (C=O) groups excluding carboxylic acids is 1. The van der Waals surface area contributed by atoms with Gasteiger partial charge in [-0.2, -0.15) is 5.26 Å². The van der Waals surface area contributed by atoms with E-state index in [1.807, 2.05) is 121 Å². The Morgan fingerprint density at radius 2 is 1.41 bits per heavy atom. The fraction of sp³-hybridized carbons (Fsp3) is 0.0606. The maximum Gasteiger partial charge on any atom is 0.248 e. The number of allylic oxidation sites excluding steroid dienone is 2. The normalized spacial score (nSPS) is 19.5. The summed E-state index contributed by atoms with van der Waals surface area (Å²) in [5.74, 6) is -0.205. The summed E-state index contributed by atoms with van der Waals surface area (Å²) in [5, 5.41) is 19.7. The average Bonchev–Trinajstić information content (AvgIpc) is 3.34. The van der Waals surface area contributed by atoms with E-state index in [0.29, 0.717) is 17.7 Å². The summed E-state index contributed by atoms with van der Waals surface area (Å²) in [6.07, 6.45) is 1.97. The van der Waals surface area contributed by atoms with E-state index in [2.05, 4.69) is 6.07 Å². The third kappa shape index (κ3) is 3.36. The number of hydrogen-bond acceptors (Lipinski definition) is 3. The van der Waals surface area contributed by atoms with Gasteiger partial charge in [-0.1, -0.05) is 109 Å². The van der Waals surface area contributed by atoms with Crippen LogP contribution in [-0.4, -0.2) is 11.6 Å². The second kappa shape index (κ2) is 8.89. The maximum atomic E-state index is 14.6. The van der Waals surface area contributed by atoms with Crippen molar-refractivity contribution in [1.82, 2.24) is 0 Å². The predicted molar refractivity (Wildman–Crippen MR) is 147 cm³/mol. The van der Waals surface area contributed by atoms with Crippen LogP contribution in [0.25, 0.3) is 11.6 Å². The molecule has 0 fully saturated rings. The molecule has 1 amide bonds. The molecular formula is C33H23N3O. The quantitative estimate of drug-likeness (QED) is 0.361. The molecule has 4 aromatic carbocycles. The minimum Gasteiger partial charge on any atom is -0.306 e. The summed E-state index contributed by atoms with van der Waals surface area (Å²) < 4.78 is 0.